The topological polar surface area (TPSA) is 61.2 Å². The molecular weight excluding hydrogens is 280 g/mol. The van der Waals surface area contributed by atoms with Gasteiger partial charge in [0, 0.05) is 12.1 Å². The second kappa shape index (κ2) is 7.54. The third kappa shape index (κ3) is 3.61. The lowest BCUT2D eigenvalue weighted by molar-refractivity contribution is 0.112. The van der Waals surface area contributed by atoms with Gasteiger partial charge in [0.15, 0.2) is 6.29 Å². The molecule has 5 nitrogen and oxygen atoms in total. The Morgan fingerprint density at radius 3 is 2.55 bits per heavy atom. The van der Waals surface area contributed by atoms with Gasteiger partial charge in [-0.1, -0.05) is 13.3 Å². The van der Waals surface area contributed by atoms with Crippen LogP contribution in [0.3, 0.4) is 0 Å². The molecule has 0 fully saturated rings. The van der Waals surface area contributed by atoms with Crippen LogP contribution in [0.4, 0.5) is 0 Å². The Labute approximate surface area is 129 Å². The van der Waals surface area contributed by atoms with Crippen molar-refractivity contribution in [3.63, 3.8) is 0 Å². The van der Waals surface area contributed by atoms with Gasteiger partial charge in [-0.25, -0.2) is 4.68 Å². The van der Waals surface area contributed by atoms with Crippen LogP contribution in [-0.4, -0.2) is 22.7 Å². The fourth-order valence-electron chi connectivity index (χ4n) is 2.06. The molecule has 2 aromatic rings. The number of rotatable bonds is 7. The van der Waals surface area contributed by atoms with Crippen LogP contribution in [0.25, 0.3) is 11.3 Å². The quantitative estimate of drug-likeness (QED) is 0.582. The van der Waals surface area contributed by atoms with E-state index in [0.29, 0.717) is 25.1 Å². The van der Waals surface area contributed by atoms with Gasteiger partial charge < -0.3 is 4.74 Å². The van der Waals surface area contributed by atoms with E-state index in [4.69, 9.17) is 4.74 Å². The summed E-state index contributed by atoms with van der Waals surface area (Å²) in [5.41, 5.74) is 1.20. The lowest BCUT2D eigenvalue weighted by Gasteiger charge is -2.08. The third-order valence-electron chi connectivity index (χ3n) is 3.35. The number of hydrogen-bond acceptors (Lipinski definition) is 4. The smallest absolute Gasteiger partial charge is 0.277 e. The van der Waals surface area contributed by atoms with E-state index in [1.807, 2.05) is 31.2 Å². The Kier molecular flexibility index (Phi) is 5.47. The van der Waals surface area contributed by atoms with Gasteiger partial charge in [0.25, 0.3) is 5.56 Å². The maximum atomic E-state index is 11.9. The summed E-state index contributed by atoms with van der Waals surface area (Å²) < 4.78 is 6.91. The first-order valence-electron chi connectivity index (χ1n) is 7.50. The molecule has 0 N–H and O–H groups in total. The summed E-state index contributed by atoms with van der Waals surface area (Å²) in [7, 11) is 0. The van der Waals surface area contributed by atoms with Gasteiger partial charge in [-0.3, -0.25) is 9.59 Å². The average Bonchev–Trinajstić information content (AvgIpc) is 2.56. The standard InChI is InChI=1S/C17H20N2O3/c1-3-5-10-22-15-8-6-13(7-9-15)16-11-14(12-20)17(21)19(4-2)18-16/h6-9,11-12H,3-5,10H2,1-2H3. The SMILES string of the molecule is CCCCOc1ccc(-c2cc(C=O)c(=O)n(CC)n2)cc1. The minimum Gasteiger partial charge on any atom is -0.494 e. The Morgan fingerprint density at radius 2 is 1.95 bits per heavy atom. The molecule has 0 saturated carbocycles. The summed E-state index contributed by atoms with van der Waals surface area (Å²) in [5, 5.41) is 4.28. The molecule has 1 aromatic heterocycles. The van der Waals surface area contributed by atoms with Crippen LogP contribution >= 0.6 is 0 Å². The molecule has 0 atom stereocenters. The molecule has 0 spiro atoms. The molecule has 0 amide bonds. The Morgan fingerprint density at radius 1 is 1.23 bits per heavy atom. The number of ether oxygens (including phenoxy) is 1. The van der Waals surface area contributed by atoms with Crippen molar-refractivity contribution in [2.75, 3.05) is 6.61 Å². The summed E-state index contributed by atoms with van der Waals surface area (Å²) >= 11 is 0. The highest BCUT2D eigenvalue weighted by atomic mass is 16.5. The van der Waals surface area contributed by atoms with Crippen LogP contribution in [0.2, 0.25) is 0 Å². The van der Waals surface area contributed by atoms with Gasteiger partial charge in [-0.15, -0.1) is 0 Å². The second-order valence-corrected chi connectivity index (χ2v) is 4.95. The van der Waals surface area contributed by atoms with E-state index in [9.17, 15) is 9.59 Å². The highest BCUT2D eigenvalue weighted by Crippen LogP contribution is 2.20. The molecule has 0 saturated heterocycles. The summed E-state index contributed by atoms with van der Waals surface area (Å²) in [6.45, 7) is 5.05. The molecule has 0 radical (unpaired) electrons. The maximum absolute atomic E-state index is 11.9. The lowest BCUT2D eigenvalue weighted by atomic mass is 10.1. The number of aromatic nitrogens is 2. The summed E-state index contributed by atoms with van der Waals surface area (Å²) in [6, 6.07) is 9.02. The van der Waals surface area contributed by atoms with Gasteiger partial charge in [-0.2, -0.15) is 5.10 Å². The van der Waals surface area contributed by atoms with Crippen molar-refractivity contribution in [1.82, 2.24) is 9.78 Å². The van der Waals surface area contributed by atoms with E-state index in [2.05, 4.69) is 12.0 Å². The van der Waals surface area contributed by atoms with Crippen molar-refractivity contribution >= 4 is 6.29 Å². The lowest BCUT2D eigenvalue weighted by Crippen LogP contribution is -2.25. The minimum atomic E-state index is -0.360. The van der Waals surface area contributed by atoms with E-state index in [0.717, 1.165) is 24.2 Å². The normalized spacial score (nSPS) is 10.5. The molecule has 0 aliphatic rings. The van der Waals surface area contributed by atoms with Gasteiger partial charge in [0.05, 0.1) is 17.9 Å². The second-order valence-electron chi connectivity index (χ2n) is 4.95. The Bertz CT molecular complexity index is 690. The molecule has 22 heavy (non-hydrogen) atoms. The first-order chi connectivity index (χ1) is 10.7. The fourth-order valence-corrected chi connectivity index (χ4v) is 2.06. The zero-order valence-electron chi connectivity index (χ0n) is 12.9. The summed E-state index contributed by atoms with van der Waals surface area (Å²) in [6.07, 6.45) is 2.68. The molecule has 1 aromatic carbocycles. The van der Waals surface area contributed by atoms with E-state index in [-0.39, 0.29) is 11.1 Å². The number of aryl methyl sites for hydroxylation is 1. The van der Waals surface area contributed by atoms with Crippen LogP contribution in [0.15, 0.2) is 35.1 Å². The van der Waals surface area contributed by atoms with E-state index < -0.39 is 0 Å². The number of hydrogen-bond donors (Lipinski definition) is 0. The Balaban J connectivity index is 2.28. The number of benzene rings is 1. The van der Waals surface area contributed by atoms with Crippen LogP contribution in [0, 0.1) is 0 Å². The fraction of sp³-hybridized carbons (Fsp3) is 0.353. The molecule has 1 heterocycles. The van der Waals surface area contributed by atoms with Crippen molar-refractivity contribution < 1.29 is 9.53 Å². The number of aldehydes is 1. The molecule has 116 valence electrons. The summed E-state index contributed by atoms with van der Waals surface area (Å²) in [4.78, 5) is 22.9. The molecule has 0 bridgehead atoms. The van der Waals surface area contributed by atoms with Crippen LogP contribution < -0.4 is 10.3 Å². The zero-order chi connectivity index (χ0) is 15.9. The van der Waals surface area contributed by atoms with Gasteiger partial charge in [-0.05, 0) is 43.7 Å². The largest absolute Gasteiger partial charge is 0.494 e. The van der Waals surface area contributed by atoms with E-state index >= 15 is 0 Å². The van der Waals surface area contributed by atoms with Crippen LogP contribution in [-0.2, 0) is 6.54 Å². The number of carbonyl (C=O) groups excluding carboxylic acids is 1. The van der Waals surface area contributed by atoms with Crippen LogP contribution in [0.5, 0.6) is 5.75 Å². The Hall–Kier alpha value is -2.43. The number of nitrogens with zero attached hydrogens (tertiary/aromatic N) is 2. The number of unbranched alkanes of at least 4 members (excludes halogenated alkanes) is 1. The van der Waals surface area contributed by atoms with Crippen molar-refractivity contribution in [2.24, 2.45) is 0 Å². The van der Waals surface area contributed by atoms with Gasteiger partial charge in [0.2, 0.25) is 0 Å². The van der Waals surface area contributed by atoms with Crippen molar-refractivity contribution in [1.29, 1.82) is 0 Å². The third-order valence-corrected chi connectivity index (χ3v) is 3.35. The molecule has 5 heteroatoms. The highest BCUT2D eigenvalue weighted by molar-refractivity contribution is 5.76. The molecular formula is C17H20N2O3. The molecule has 0 unspecified atom stereocenters. The monoisotopic (exact) mass is 300 g/mol. The first kappa shape index (κ1) is 15.9. The zero-order valence-corrected chi connectivity index (χ0v) is 12.9. The highest BCUT2D eigenvalue weighted by Gasteiger charge is 2.08. The van der Waals surface area contributed by atoms with Crippen LogP contribution in [0.1, 0.15) is 37.0 Å². The molecule has 0 aliphatic heterocycles. The number of carbonyl (C=O) groups is 1. The predicted molar refractivity (Wildman–Crippen MR) is 85.4 cm³/mol. The predicted octanol–water partition coefficient (Wildman–Crippen LogP) is 2.92. The van der Waals surface area contributed by atoms with Crippen molar-refractivity contribution in [3.05, 3.63) is 46.2 Å². The average molecular weight is 300 g/mol. The molecule has 0 aliphatic carbocycles. The van der Waals surface area contributed by atoms with Gasteiger partial charge >= 0.3 is 0 Å². The van der Waals surface area contributed by atoms with E-state index in [1.54, 1.807) is 0 Å². The maximum Gasteiger partial charge on any atom is 0.277 e. The van der Waals surface area contributed by atoms with Gasteiger partial charge in [0.1, 0.15) is 5.75 Å². The van der Waals surface area contributed by atoms with Crippen molar-refractivity contribution in [2.45, 2.75) is 33.2 Å². The van der Waals surface area contributed by atoms with Crippen molar-refractivity contribution in [3.8, 4) is 17.0 Å². The summed E-state index contributed by atoms with van der Waals surface area (Å²) in [5.74, 6) is 0.802. The van der Waals surface area contributed by atoms with E-state index in [1.165, 1.54) is 10.7 Å². The first-order valence-corrected chi connectivity index (χ1v) is 7.50. The minimum absolute atomic E-state index is 0.120. The molecule has 2 rings (SSSR count).